The molecule has 136 valence electrons. The molecule has 0 aromatic heterocycles. The Hall–Kier alpha value is -1.95. The van der Waals surface area contributed by atoms with Crippen LogP contribution in [-0.2, 0) is 9.59 Å². The zero-order chi connectivity index (χ0) is 18.8. The number of rotatable bonds is 4. The number of anilines is 2. The lowest BCUT2D eigenvalue weighted by Crippen LogP contribution is -2.28. The SMILES string of the molecule is COc1ccc(Cl)cc1N1C[C@H](C(=O)Nc2cc(Cl)ccc2Cl)CC1=O. The first kappa shape index (κ1) is 18.8. The molecule has 3 rings (SSSR count). The van der Waals surface area contributed by atoms with Crippen LogP contribution in [0.1, 0.15) is 6.42 Å². The van der Waals surface area contributed by atoms with Gasteiger partial charge in [-0.1, -0.05) is 34.8 Å². The molecule has 1 atom stereocenters. The Morgan fingerprint density at radius 2 is 1.85 bits per heavy atom. The summed E-state index contributed by atoms with van der Waals surface area (Å²) < 4.78 is 5.30. The number of carbonyl (C=O) groups excluding carboxylic acids is 2. The van der Waals surface area contributed by atoms with Gasteiger partial charge < -0.3 is 15.0 Å². The summed E-state index contributed by atoms with van der Waals surface area (Å²) in [6.45, 7) is 0.222. The molecule has 26 heavy (non-hydrogen) atoms. The van der Waals surface area contributed by atoms with Gasteiger partial charge in [0.2, 0.25) is 11.8 Å². The molecule has 0 saturated carbocycles. The van der Waals surface area contributed by atoms with Gasteiger partial charge in [0.15, 0.2) is 0 Å². The second kappa shape index (κ2) is 7.74. The van der Waals surface area contributed by atoms with Gasteiger partial charge in [-0.15, -0.1) is 0 Å². The minimum Gasteiger partial charge on any atom is -0.495 e. The Kier molecular flexibility index (Phi) is 5.61. The molecule has 2 amide bonds. The molecule has 8 heteroatoms. The Morgan fingerprint density at radius 1 is 1.15 bits per heavy atom. The lowest BCUT2D eigenvalue weighted by Gasteiger charge is -2.20. The summed E-state index contributed by atoms with van der Waals surface area (Å²) in [5, 5.41) is 4.04. The number of carbonyl (C=O) groups is 2. The molecule has 0 unspecified atom stereocenters. The first-order valence-electron chi connectivity index (χ1n) is 7.79. The van der Waals surface area contributed by atoms with Gasteiger partial charge in [-0.3, -0.25) is 9.59 Å². The second-order valence-electron chi connectivity index (χ2n) is 5.83. The summed E-state index contributed by atoms with van der Waals surface area (Å²) in [4.78, 5) is 26.5. The molecule has 0 spiro atoms. The minimum absolute atomic E-state index is 0.0830. The quantitative estimate of drug-likeness (QED) is 0.794. The fourth-order valence-electron chi connectivity index (χ4n) is 2.82. The van der Waals surface area contributed by atoms with E-state index in [4.69, 9.17) is 39.5 Å². The van der Waals surface area contributed by atoms with Gasteiger partial charge in [0, 0.05) is 23.0 Å². The third-order valence-electron chi connectivity index (χ3n) is 4.11. The molecule has 1 N–H and O–H groups in total. The van der Waals surface area contributed by atoms with Crippen molar-refractivity contribution in [1.82, 2.24) is 0 Å². The van der Waals surface area contributed by atoms with Crippen LogP contribution in [0.4, 0.5) is 11.4 Å². The predicted molar refractivity (Wildman–Crippen MR) is 104 cm³/mol. The summed E-state index contributed by atoms with van der Waals surface area (Å²) in [6, 6.07) is 9.80. The van der Waals surface area contributed by atoms with Gasteiger partial charge in [0.05, 0.1) is 29.4 Å². The normalized spacial score (nSPS) is 16.7. The Bertz CT molecular complexity index is 873. The van der Waals surface area contributed by atoms with E-state index >= 15 is 0 Å². The number of nitrogens with zero attached hydrogens (tertiary/aromatic N) is 1. The Morgan fingerprint density at radius 3 is 2.58 bits per heavy atom. The molecule has 1 heterocycles. The van der Waals surface area contributed by atoms with Crippen LogP contribution in [-0.4, -0.2) is 25.5 Å². The number of halogens is 3. The van der Waals surface area contributed by atoms with Crippen LogP contribution >= 0.6 is 34.8 Å². The van der Waals surface area contributed by atoms with Gasteiger partial charge in [-0.2, -0.15) is 0 Å². The number of methoxy groups -OCH3 is 1. The number of hydrogen-bond acceptors (Lipinski definition) is 3. The Balaban J connectivity index is 1.78. The van der Waals surface area contributed by atoms with Crippen molar-refractivity contribution < 1.29 is 14.3 Å². The molecule has 0 radical (unpaired) electrons. The molecule has 2 aromatic carbocycles. The van der Waals surface area contributed by atoms with Gasteiger partial charge in [0.25, 0.3) is 0 Å². The summed E-state index contributed by atoms with van der Waals surface area (Å²) in [5.74, 6) is -0.489. The zero-order valence-corrected chi connectivity index (χ0v) is 16.0. The molecular formula is C18H15Cl3N2O3. The van der Waals surface area contributed by atoms with E-state index in [1.165, 1.54) is 12.0 Å². The topological polar surface area (TPSA) is 58.6 Å². The van der Waals surface area contributed by atoms with Crippen LogP contribution in [0.2, 0.25) is 15.1 Å². The maximum absolute atomic E-state index is 12.6. The van der Waals surface area contributed by atoms with Crippen molar-refractivity contribution in [3.05, 3.63) is 51.5 Å². The van der Waals surface area contributed by atoms with Crippen molar-refractivity contribution in [1.29, 1.82) is 0 Å². The van der Waals surface area contributed by atoms with Crippen molar-refractivity contribution >= 4 is 58.0 Å². The number of amides is 2. The van der Waals surface area contributed by atoms with Gasteiger partial charge >= 0.3 is 0 Å². The van der Waals surface area contributed by atoms with Crippen LogP contribution in [0.5, 0.6) is 5.75 Å². The molecule has 1 saturated heterocycles. The van der Waals surface area contributed by atoms with Crippen LogP contribution in [0, 0.1) is 5.92 Å². The van der Waals surface area contributed by atoms with Crippen molar-refractivity contribution in [3.63, 3.8) is 0 Å². The highest BCUT2D eigenvalue weighted by Crippen LogP contribution is 2.35. The van der Waals surface area contributed by atoms with Gasteiger partial charge in [-0.05, 0) is 36.4 Å². The lowest BCUT2D eigenvalue weighted by molar-refractivity contribution is -0.122. The van der Waals surface area contributed by atoms with Crippen molar-refractivity contribution in [2.75, 3.05) is 23.9 Å². The average molecular weight is 414 g/mol. The smallest absolute Gasteiger partial charge is 0.229 e. The number of benzene rings is 2. The van der Waals surface area contributed by atoms with E-state index in [2.05, 4.69) is 5.32 Å². The van der Waals surface area contributed by atoms with Crippen LogP contribution in [0.3, 0.4) is 0 Å². The summed E-state index contributed by atoms with van der Waals surface area (Å²) in [7, 11) is 1.51. The van der Waals surface area contributed by atoms with Crippen LogP contribution < -0.4 is 15.0 Å². The Labute approximate surface area is 165 Å². The van der Waals surface area contributed by atoms with E-state index in [0.29, 0.717) is 32.2 Å². The summed E-state index contributed by atoms with van der Waals surface area (Å²) >= 11 is 18.0. The molecule has 0 bridgehead atoms. The highest BCUT2D eigenvalue weighted by Gasteiger charge is 2.36. The molecule has 5 nitrogen and oxygen atoms in total. The van der Waals surface area contributed by atoms with E-state index in [9.17, 15) is 9.59 Å². The summed E-state index contributed by atoms with van der Waals surface area (Å²) in [5.41, 5.74) is 0.955. The largest absolute Gasteiger partial charge is 0.495 e. The fourth-order valence-corrected chi connectivity index (χ4v) is 3.32. The third kappa shape index (κ3) is 3.90. The second-order valence-corrected chi connectivity index (χ2v) is 7.12. The van der Waals surface area contributed by atoms with E-state index in [0.717, 1.165) is 0 Å². The standard InChI is InChI=1S/C18H15Cl3N2O3/c1-26-16-5-3-12(20)8-15(16)23-9-10(6-17(23)24)18(25)22-14-7-11(19)2-4-13(14)21/h2-5,7-8,10H,6,9H2,1H3,(H,22,25)/t10-/m1/s1. The van der Waals surface area contributed by atoms with Crippen molar-refractivity contribution in [3.8, 4) is 5.75 Å². The third-order valence-corrected chi connectivity index (χ3v) is 4.91. The molecule has 1 aliphatic heterocycles. The number of hydrogen-bond donors (Lipinski definition) is 1. The van der Waals surface area contributed by atoms with Crippen LogP contribution in [0.25, 0.3) is 0 Å². The molecule has 1 aliphatic rings. The van der Waals surface area contributed by atoms with Crippen molar-refractivity contribution in [2.45, 2.75) is 6.42 Å². The minimum atomic E-state index is -0.527. The van der Waals surface area contributed by atoms with Crippen molar-refractivity contribution in [2.24, 2.45) is 5.92 Å². The number of ether oxygens (including phenoxy) is 1. The average Bonchev–Trinajstić information content (AvgIpc) is 3.00. The lowest BCUT2D eigenvalue weighted by atomic mass is 10.1. The molecule has 2 aromatic rings. The van der Waals surface area contributed by atoms with Crippen LogP contribution in [0.15, 0.2) is 36.4 Å². The van der Waals surface area contributed by atoms with E-state index in [-0.39, 0.29) is 24.8 Å². The molecule has 0 aliphatic carbocycles. The maximum atomic E-state index is 12.6. The van der Waals surface area contributed by atoms with E-state index in [1.807, 2.05) is 0 Å². The first-order valence-corrected chi connectivity index (χ1v) is 8.92. The summed E-state index contributed by atoms with van der Waals surface area (Å²) in [6.07, 6.45) is 0.0830. The van der Waals surface area contributed by atoms with E-state index < -0.39 is 5.92 Å². The molecular weight excluding hydrogens is 399 g/mol. The first-order chi connectivity index (χ1) is 12.4. The highest BCUT2D eigenvalue weighted by atomic mass is 35.5. The highest BCUT2D eigenvalue weighted by molar-refractivity contribution is 6.35. The maximum Gasteiger partial charge on any atom is 0.229 e. The van der Waals surface area contributed by atoms with Gasteiger partial charge in [0.1, 0.15) is 5.75 Å². The fraction of sp³-hybridized carbons (Fsp3) is 0.222. The molecule has 1 fully saturated rings. The number of nitrogens with one attached hydrogen (secondary N) is 1. The monoisotopic (exact) mass is 412 g/mol. The predicted octanol–water partition coefficient (Wildman–Crippen LogP) is 4.65. The zero-order valence-electron chi connectivity index (χ0n) is 13.8. The van der Waals surface area contributed by atoms with E-state index in [1.54, 1.807) is 36.4 Å². The van der Waals surface area contributed by atoms with Gasteiger partial charge in [-0.25, -0.2) is 0 Å².